The summed E-state index contributed by atoms with van der Waals surface area (Å²) in [7, 11) is 0. The first-order chi connectivity index (χ1) is 8.24. The second kappa shape index (κ2) is 4.94. The van der Waals surface area contributed by atoms with E-state index < -0.39 is 12.1 Å². The summed E-state index contributed by atoms with van der Waals surface area (Å²) in [6, 6.07) is 9.36. The Morgan fingerprint density at radius 3 is 2.76 bits per heavy atom. The summed E-state index contributed by atoms with van der Waals surface area (Å²) < 4.78 is 5.19. The van der Waals surface area contributed by atoms with E-state index in [1.165, 1.54) is 0 Å². The van der Waals surface area contributed by atoms with E-state index in [4.69, 9.17) is 22.8 Å². The van der Waals surface area contributed by atoms with Crippen molar-refractivity contribution in [2.75, 3.05) is 6.54 Å². The van der Waals surface area contributed by atoms with Crippen molar-refractivity contribution in [1.82, 2.24) is 5.32 Å². The van der Waals surface area contributed by atoms with Crippen LogP contribution in [-0.2, 0) is 9.53 Å². The minimum Gasteiger partial charge on any atom is -0.447 e. The van der Waals surface area contributed by atoms with Gasteiger partial charge in [-0.15, -0.1) is 6.42 Å². The lowest BCUT2D eigenvalue weighted by Crippen LogP contribution is -2.18. The summed E-state index contributed by atoms with van der Waals surface area (Å²) in [6.45, 7) is 0.297. The van der Waals surface area contributed by atoms with Gasteiger partial charge in [-0.25, -0.2) is 4.79 Å². The molecule has 1 unspecified atom stereocenters. The van der Waals surface area contributed by atoms with Gasteiger partial charge in [-0.3, -0.25) is 0 Å². The molecule has 3 nitrogen and oxygen atoms in total. The number of hydrogen-bond acceptors (Lipinski definition) is 3. The highest BCUT2D eigenvalue weighted by Gasteiger charge is 2.33. The first kappa shape index (κ1) is 11.6. The van der Waals surface area contributed by atoms with Crippen molar-refractivity contribution in [1.29, 1.82) is 0 Å². The van der Waals surface area contributed by atoms with Crippen molar-refractivity contribution in [2.45, 2.75) is 6.10 Å². The number of carbonyl (C=O) groups excluding carboxylic acids is 1. The molecule has 1 aliphatic rings. The molecule has 0 saturated carbocycles. The van der Waals surface area contributed by atoms with Gasteiger partial charge in [-0.1, -0.05) is 47.9 Å². The molecule has 1 N–H and O–H groups in total. The zero-order chi connectivity index (χ0) is 12.3. The molecule has 0 spiro atoms. The number of benzene rings is 1. The monoisotopic (exact) mass is 247 g/mol. The third-order valence-corrected chi connectivity index (χ3v) is 2.74. The van der Waals surface area contributed by atoms with Gasteiger partial charge in [-0.05, 0) is 5.56 Å². The second-order valence-corrected chi connectivity index (χ2v) is 3.86. The fraction of sp³-hybridized carbons (Fsp3) is 0.154. The van der Waals surface area contributed by atoms with Crippen LogP contribution < -0.4 is 5.32 Å². The van der Waals surface area contributed by atoms with E-state index in [2.05, 4.69) is 11.2 Å². The van der Waals surface area contributed by atoms with Gasteiger partial charge in [0.15, 0.2) is 6.10 Å². The van der Waals surface area contributed by atoms with Crippen molar-refractivity contribution < 1.29 is 9.53 Å². The number of terminal acetylenes is 1. The minimum absolute atomic E-state index is 0.0640. The Morgan fingerprint density at radius 2 is 2.12 bits per heavy atom. The first-order valence-corrected chi connectivity index (χ1v) is 5.44. The normalized spacial score (nSPS) is 18.8. The molecule has 1 atom stereocenters. The highest BCUT2D eigenvalue weighted by Crippen LogP contribution is 2.34. The molecule has 0 aliphatic carbocycles. The van der Waals surface area contributed by atoms with Crippen molar-refractivity contribution in [3.63, 3.8) is 0 Å². The Balaban J connectivity index is 2.30. The van der Waals surface area contributed by atoms with Gasteiger partial charge < -0.3 is 10.1 Å². The third-order valence-electron chi connectivity index (χ3n) is 2.39. The highest BCUT2D eigenvalue weighted by atomic mass is 35.5. The zero-order valence-electron chi connectivity index (χ0n) is 8.94. The molecule has 2 rings (SSSR count). The Bertz CT molecular complexity index is 502. The van der Waals surface area contributed by atoms with Gasteiger partial charge in [0.2, 0.25) is 0 Å². The fourth-order valence-corrected chi connectivity index (χ4v) is 1.83. The number of rotatable bonds is 3. The van der Waals surface area contributed by atoms with Crippen LogP contribution in [0.1, 0.15) is 11.7 Å². The Kier molecular flexibility index (Phi) is 3.36. The van der Waals surface area contributed by atoms with Crippen molar-refractivity contribution >= 4 is 17.6 Å². The maximum absolute atomic E-state index is 11.4. The van der Waals surface area contributed by atoms with E-state index in [1.807, 2.05) is 30.3 Å². The van der Waals surface area contributed by atoms with E-state index in [9.17, 15) is 4.79 Å². The lowest BCUT2D eigenvalue weighted by Gasteiger charge is -2.14. The first-order valence-electron chi connectivity index (χ1n) is 5.07. The topological polar surface area (TPSA) is 38.3 Å². The molecular weight excluding hydrogens is 238 g/mol. The van der Waals surface area contributed by atoms with Crippen LogP contribution in [0.2, 0.25) is 0 Å². The minimum atomic E-state index is -0.528. The van der Waals surface area contributed by atoms with Gasteiger partial charge in [0, 0.05) is 0 Å². The summed E-state index contributed by atoms with van der Waals surface area (Å²) in [5.41, 5.74) is 1.39. The quantitative estimate of drug-likeness (QED) is 0.656. The molecule has 0 aromatic heterocycles. The van der Waals surface area contributed by atoms with Crippen LogP contribution in [0.5, 0.6) is 0 Å². The number of ether oxygens (including phenoxy) is 1. The van der Waals surface area contributed by atoms with Crippen molar-refractivity contribution in [3.05, 3.63) is 46.6 Å². The molecule has 1 aromatic rings. The Morgan fingerprint density at radius 1 is 1.41 bits per heavy atom. The van der Waals surface area contributed by atoms with Gasteiger partial charge in [0.25, 0.3) is 0 Å². The van der Waals surface area contributed by atoms with Crippen LogP contribution in [0, 0.1) is 12.3 Å². The Labute approximate surface area is 104 Å². The molecule has 17 heavy (non-hydrogen) atoms. The number of cyclic esters (lactones) is 1. The van der Waals surface area contributed by atoms with Crippen LogP contribution in [0.4, 0.5) is 0 Å². The third kappa shape index (κ3) is 2.27. The molecule has 0 radical (unpaired) electrons. The summed E-state index contributed by atoms with van der Waals surface area (Å²) >= 11 is 5.88. The lowest BCUT2D eigenvalue weighted by molar-refractivity contribution is -0.139. The standard InChI is InChI=1S/C13H10ClNO2/c1-2-8-15-11-10(14)13(16)17-12(11)9-6-4-3-5-7-9/h1,3-7,12,15H,8H2. The number of nitrogens with one attached hydrogen (secondary N) is 1. The average Bonchev–Trinajstić information content (AvgIpc) is 2.65. The average molecular weight is 248 g/mol. The van der Waals surface area contributed by atoms with Crippen molar-refractivity contribution in [3.8, 4) is 12.3 Å². The molecule has 0 amide bonds. The molecular formula is C13H10ClNO2. The maximum atomic E-state index is 11.4. The largest absolute Gasteiger partial charge is 0.447 e. The SMILES string of the molecule is C#CCNC1=C(Cl)C(=O)OC1c1ccccc1. The van der Waals surface area contributed by atoms with E-state index in [1.54, 1.807) is 0 Å². The predicted molar refractivity (Wildman–Crippen MR) is 65.0 cm³/mol. The van der Waals surface area contributed by atoms with Crippen LogP contribution in [0.25, 0.3) is 0 Å². The lowest BCUT2D eigenvalue weighted by atomic mass is 10.1. The molecule has 0 fully saturated rings. The molecule has 1 aliphatic heterocycles. The van der Waals surface area contributed by atoms with Gasteiger partial charge in [0.1, 0.15) is 5.03 Å². The number of esters is 1. The van der Waals surface area contributed by atoms with Crippen molar-refractivity contribution in [2.24, 2.45) is 0 Å². The number of carbonyl (C=O) groups is 1. The molecule has 1 heterocycles. The molecule has 1 aromatic carbocycles. The van der Waals surface area contributed by atoms with Gasteiger partial charge in [0.05, 0.1) is 12.2 Å². The van der Waals surface area contributed by atoms with Crippen LogP contribution in [0.15, 0.2) is 41.1 Å². The summed E-state index contributed by atoms with van der Waals surface area (Å²) in [5, 5.41) is 2.99. The van der Waals surface area contributed by atoms with Crippen LogP contribution >= 0.6 is 11.6 Å². The summed E-state index contributed by atoms with van der Waals surface area (Å²) in [4.78, 5) is 11.4. The smallest absolute Gasteiger partial charge is 0.352 e. The van der Waals surface area contributed by atoms with E-state index >= 15 is 0 Å². The van der Waals surface area contributed by atoms with Gasteiger partial charge in [-0.2, -0.15) is 0 Å². The van der Waals surface area contributed by atoms with Crippen LogP contribution in [0.3, 0.4) is 0 Å². The van der Waals surface area contributed by atoms with E-state index in [-0.39, 0.29) is 5.03 Å². The summed E-state index contributed by atoms with van der Waals surface area (Å²) in [5.74, 6) is 1.90. The van der Waals surface area contributed by atoms with E-state index in [0.717, 1.165) is 5.56 Å². The molecule has 86 valence electrons. The second-order valence-electron chi connectivity index (χ2n) is 3.48. The highest BCUT2D eigenvalue weighted by molar-refractivity contribution is 6.42. The molecule has 0 saturated heterocycles. The Hall–Kier alpha value is -1.92. The molecule has 4 heteroatoms. The van der Waals surface area contributed by atoms with E-state index in [0.29, 0.717) is 12.2 Å². The maximum Gasteiger partial charge on any atom is 0.352 e. The zero-order valence-corrected chi connectivity index (χ0v) is 9.70. The number of halogens is 1. The van der Waals surface area contributed by atoms with Crippen LogP contribution in [-0.4, -0.2) is 12.5 Å². The fourth-order valence-electron chi connectivity index (χ4n) is 1.62. The molecule has 0 bridgehead atoms. The summed E-state index contributed by atoms with van der Waals surface area (Å²) in [6.07, 6.45) is 4.67. The van der Waals surface area contributed by atoms with Gasteiger partial charge >= 0.3 is 5.97 Å². The predicted octanol–water partition coefficient (Wildman–Crippen LogP) is 1.96. The number of hydrogen-bond donors (Lipinski definition) is 1.